The van der Waals surface area contributed by atoms with Crippen LogP contribution in [-0.2, 0) is 14.8 Å². The molecule has 2 atom stereocenters. The number of nitrogens with one attached hydrogen (secondary N) is 3. The number of fused-ring (bicyclic) bond motifs is 2. The van der Waals surface area contributed by atoms with Gasteiger partial charge >= 0.3 is 0 Å². The number of hydrogen-bond acceptors (Lipinski definition) is 5. The molecule has 2 bridgehead atoms. The van der Waals surface area contributed by atoms with Crippen LogP contribution in [0.2, 0.25) is 0 Å². The van der Waals surface area contributed by atoms with Crippen LogP contribution in [0.15, 0.2) is 17.2 Å². The van der Waals surface area contributed by atoms with E-state index in [0.29, 0.717) is 11.8 Å². The predicted octanol–water partition coefficient (Wildman–Crippen LogP) is -0.164. The number of aromatic nitrogens is 1. The molecule has 0 saturated heterocycles. The Balaban J connectivity index is 0.00000261. The zero-order valence-electron chi connectivity index (χ0n) is 14.8. The van der Waals surface area contributed by atoms with E-state index in [9.17, 15) is 18.0 Å². The van der Waals surface area contributed by atoms with Crippen molar-refractivity contribution in [3.05, 3.63) is 18.0 Å². The highest BCUT2D eigenvalue weighted by Gasteiger charge is 2.39. The monoisotopic (exact) mass is 419 g/mol. The molecule has 2 saturated carbocycles. The van der Waals surface area contributed by atoms with Gasteiger partial charge in [0.2, 0.25) is 15.9 Å². The van der Waals surface area contributed by atoms with E-state index in [-0.39, 0.29) is 47.5 Å². The van der Waals surface area contributed by atoms with E-state index < -0.39 is 15.9 Å². The van der Waals surface area contributed by atoms with E-state index >= 15 is 0 Å². The van der Waals surface area contributed by atoms with E-state index in [4.69, 9.17) is 11.5 Å². The van der Waals surface area contributed by atoms with Crippen molar-refractivity contribution >= 4 is 34.2 Å². The first-order chi connectivity index (χ1) is 12.3. The molecule has 3 rings (SSSR count). The quantitative estimate of drug-likeness (QED) is 0.432. The molecule has 152 valence electrons. The van der Waals surface area contributed by atoms with Gasteiger partial charge in [0.05, 0.1) is 6.54 Å². The lowest BCUT2D eigenvalue weighted by molar-refractivity contribution is -0.122. The van der Waals surface area contributed by atoms with Crippen LogP contribution in [0.5, 0.6) is 0 Å². The highest BCUT2D eigenvalue weighted by molar-refractivity contribution is 7.89. The van der Waals surface area contributed by atoms with Crippen molar-refractivity contribution in [1.82, 2.24) is 15.0 Å². The zero-order valence-corrected chi connectivity index (χ0v) is 16.4. The Bertz CT molecular complexity index is 782. The highest BCUT2D eigenvalue weighted by Crippen LogP contribution is 2.39. The lowest BCUT2D eigenvalue weighted by Crippen LogP contribution is -2.55. The number of amides is 2. The predicted molar refractivity (Wildman–Crippen MR) is 102 cm³/mol. The fourth-order valence-corrected chi connectivity index (χ4v) is 5.15. The fraction of sp³-hybridized carbons (Fsp3) is 0.625. The van der Waals surface area contributed by atoms with Crippen LogP contribution in [0.4, 0.5) is 0 Å². The fourth-order valence-electron chi connectivity index (χ4n) is 4.18. The minimum Gasteiger partial charge on any atom is -0.364 e. The van der Waals surface area contributed by atoms with Gasteiger partial charge < -0.3 is 21.8 Å². The smallest absolute Gasteiger partial charge is 0.265 e. The Morgan fingerprint density at radius 3 is 2.41 bits per heavy atom. The number of halogens is 1. The van der Waals surface area contributed by atoms with Crippen molar-refractivity contribution in [3.8, 4) is 0 Å². The maximum atomic E-state index is 12.3. The second-order valence-corrected chi connectivity index (χ2v) is 8.98. The van der Waals surface area contributed by atoms with Crippen molar-refractivity contribution in [2.24, 2.45) is 23.3 Å². The summed E-state index contributed by atoms with van der Waals surface area (Å²) in [5.74, 6) is -0.399. The van der Waals surface area contributed by atoms with Crippen LogP contribution in [0, 0.1) is 11.8 Å². The van der Waals surface area contributed by atoms with Gasteiger partial charge in [0, 0.05) is 18.3 Å². The number of nitrogens with two attached hydrogens (primary N) is 2. The normalized spacial score (nSPS) is 27.4. The summed E-state index contributed by atoms with van der Waals surface area (Å²) in [6.45, 7) is -0.360. The highest BCUT2D eigenvalue weighted by atomic mass is 35.5. The summed E-state index contributed by atoms with van der Waals surface area (Å²) in [6, 6.07) is 1.38. The second kappa shape index (κ2) is 8.59. The molecule has 0 aromatic carbocycles. The molecule has 7 N–H and O–H groups in total. The summed E-state index contributed by atoms with van der Waals surface area (Å²) in [7, 11) is -3.91. The van der Waals surface area contributed by atoms with Crippen molar-refractivity contribution in [1.29, 1.82) is 0 Å². The molecule has 2 amide bonds. The third-order valence-electron chi connectivity index (χ3n) is 5.36. The molecule has 2 aliphatic rings. The molecular weight excluding hydrogens is 394 g/mol. The van der Waals surface area contributed by atoms with Gasteiger partial charge in [-0.15, -0.1) is 12.4 Å². The van der Waals surface area contributed by atoms with E-state index in [2.05, 4.69) is 15.0 Å². The topological polar surface area (TPSA) is 160 Å². The first-order valence-electron chi connectivity index (χ1n) is 8.79. The first-order valence-corrected chi connectivity index (χ1v) is 10.3. The molecule has 0 spiro atoms. The number of hydrogen-bond donors (Lipinski definition) is 5. The number of carbonyl (C=O) groups excluding carboxylic acids is 2. The number of primary amides is 1. The number of aromatic amines is 1. The van der Waals surface area contributed by atoms with Crippen molar-refractivity contribution in [3.63, 3.8) is 0 Å². The Morgan fingerprint density at radius 2 is 1.85 bits per heavy atom. The molecular formula is C16H26ClN5O4S. The van der Waals surface area contributed by atoms with Crippen LogP contribution < -0.4 is 21.5 Å². The Labute approximate surface area is 164 Å². The molecule has 2 unspecified atom stereocenters. The van der Waals surface area contributed by atoms with Crippen LogP contribution in [0.1, 0.15) is 42.6 Å². The van der Waals surface area contributed by atoms with Crippen LogP contribution in [0.3, 0.4) is 0 Å². The number of sulfonamides is 1. The summed E-state index contributed by atoms with van der Waals surface area (Å²) < 4.78 is 26.7. The van der Waals surface area contributed by atoms with Gasteiger partial charge in [-0.05, 0) is 43.6 Å². The number of carbonyl (C=O) groups is 2. The van der Waals surface area contributed by atoms with Crippen LogP contribution >= 0.6 is 12.4 Å². The summed E-state index contributed by atoms with van der Waals surface area (Å²) in [4.78, 5) is 25.7. The van der Waals surface area contributed by atoms with E-state index in [1.807, 2.05) is 0 Å². The summed E-state index contributed by atoms with van der Waals surface area (Å²) in [5.41, 5.74) is 11.2. The van der Waals surface area contributed by atoms with Gasteiger partial charge in [0.15, 0.2) is 0 Å². The van der Waals surface area contributed by atoms with Crippen molar-refractivity contribution in [2.75, 3.05) is 6.54 Å². The SMILES string of the molecule is Cl.NC(=O)c1cc(S(=O)(=O)NCC(=O)NC2C3CCCC2CC(N)C3)c[nH]1. The number of rotatable bonds is 6. The summed E-state index contributed by atoms with van der Waals surface area (Å²) >= 11 is 0. The molecule has 0 radical (unpaired) electrons. The average molecular weight is 420 g/mol. The van der Waals surface area contributed by atoms with Gasteiger partial charge in [0.1, 0.15) is 10.6 Å². The van der Waals surface area contributed by atoms with Gasteiger partial charge in [-0.3, -0.25) is 9.59 Å². The Kier molecular flexibility index (Phi) is 6.90. The van der Waals surface area contributed by atoms with E-state index in [1.165, 1.54) is 0 Å². The largest absolute Gasteiger partial charge is 0.364 e. The molecule has 9 nitrogen and oxygen atoms in total. The van der Waals surface area contributed by atoms with Gasteiger partial charge in [0.25, 0.3) is 5.91 Å². The van der Waals surface area contributed by atoms with Gasteiger partial charge in [-0.2, -0.15) is 0 Å². The molecule has 27 heavy (non-hydrogen) atoms. The van der Waals surface area contributed by atoms with Crippen LogP contribution in [0.25, 0.3) is 0 Å². The van der Waals surface area contributed by atoms with Gasteiger partial charge in [-0.25, -0.2) is 13.1 Å². The molecule has 1 aromatic rings. The Morgan fingerprint density at radius 1 is 1.22 bits per heavy atom. The average Bonchev–Trinajstić information content (AvgIpc) is 3.05. The zero-order chi connectivity index (χ0) is 18.9. The number of H-pyrrole nitrogens is 1. The van der Waals surface area contributed by atoms with Crippen LogP contribution in [-0.4, -0.2) is 43.8 Å². The van der Waals surface area contributed by atoms with Crippen molar-refractivity contribution < 1.29 is 18.0 Å². The molecule has 2 aliphatic carbocycles. The summed E-state index contributed by atoms with van der Waals surface area (Å²) in [6.07, 6.45) is 6.18. The maximum absolute atomic E-state index is 12.3. The lowest BCUT2D eigenvalue weighted by Gasteiger charge is -2.45. The lowest BCUT2D eigenvalue weighted by atomic mass is 9.67. The molecule has 0 aliphatic heterocycles. The third kappa shape index (κ3) is 5.01. The Hall–Kier alpha value is -1.62. The maximum Gasteiger partial charge on any atom is 0.265 e. The van der Waals surface area contributed by atoms with E-state index in [0.717, 1.165) is 44.4 Å². The van der Waals surface area contributed by atoms with Gasteiger partial charge in [-0.1, -0.05) is 6.42 Å². The minimum absolute atomic E-state index is 0. The molecule has 2 fully saturated rings. The third-order valence-corrected chi connectivity index (χ3v) is 6.74. The molecule has 1 heterocycles. The molecule has 1 aromatic heterocycles. The van der Waals surface area contributed by atoms with Crippen molar-refractivity contribution in [2.45, 2.75) is 49.1 Å². The first kappa shape index (κ1) is 21.7. The molecule has 11 heteroatoms. The van der Waals surface area contributed by atoms with E-state index in [1.54, 1.807) is 0 Å². The second-order valence-electron chi connectivity index (χ2n) is 7.21. The standard InChI is InChI=1S/C16H25N5O4S.ClH/c17-11-4-9-2-1-3-10(5-11)15(9)21-14(22)8-20-26(24,25)12-6-13(16(18)23)19-7-12;/h6-7,9-11,15,19-20H,1-5,8,17H2,(H2,18,23)(H,21,22);1H. The minimum atomic E-state index is -3.91. The summed E-state index contributed by atoms with van der Waals surface area (Å²) in [5, 5.41) is 2.99.